The third kappa shape index (κ3) is 1.50. The van der Waals surface area contributed by atoms with E-state index in [1.54, 1.807) is 0 Å². The van der Waals surface area contributed by atoms with Crippen LogP contribution in [0.4, 0.5) is 0 Å². The molecule has 1 heterocycles. The molecule has 2 heteroatoms. The van der Waals surface area contributed by atoms with Gasteiger partial charge < -0.3 is 4.74 Å². The lowest BCUT2D eigenvalue weighted by molar-refractivity contribution is -0.0561. The highest BCUT2D eigenvalue weighted by Crippen LogP contribution is 2.13. The summed E-state index contributed by atoms with van der Waals surface area (Å²) in [4.78, 5) is 2.36. The second-order valence-electron chi connectivity index (χ2n) is 3.04. The maximum absolute atomic E-state index is 5.57. The van der Waals surface area contributed by atoms with Crippen LogP contribution in [0.5, 0.6) is 0 Å². The van der Waals surface area contributed by atoms with E-state index >= 15 is 0 Å². The van der Waals surface area contributed by atoms with E-state index in [-0.39, 0.29) is 0 Å². The molecule has 0 spiro atoms. The van der Waals surface area contributed by atoms with Crippen LogP contribution in [-0.2, 0) is 4.74 Å². The molecule has 0 amide bonds. The van der Waals surface area contributed by atoms with Crippen molar-refractivity contribution in [1.29, 1.82) is 0 Å². The summed E-state index contributed by atoms with van der Waals surface area (Å²) < 4.78 is 5.57. The first-order valence-corrected chi connectivity index (χ1v) is 4.07. The molecule has 0 aromatic rings. The zero-order chi connectivity index (χ0) is 7.56. The Labute approximate surface area is 63.2 Å². The van der Waals surface area contributed by atoms with E-state index < -0.39 is 0 Å². The Morgan fingerprint density at radius 2 is 2.30 bits per heavy atom. The molecule has 60 valence electrons. The number of nitrogens with zero attached hydrogens (tertiary/aromatic N) is 1. The van der Waals surface area contributed by atoms with Gasteiger partial charge in [0.2, 0.25) is 0 Å². The number of rotatable bonds is 1. The molecule has 1 saturated heterocycles. The molecule has 0 aromatic carbocycles. The molecule has 2 nitrogen and oxygen atoms in total. The predicted octanol–water partition coefficient (Wildman–Crippen LogP) is 1.12. The molecule has 0 bridgehead atoms. The Morgan fingerprint density at radius 1 is 1.60 bits per heavy atom. The van der Waals surface area contributed by atoms with Gasteiger partial charge in [-0.3, -0.25) is 4.90 Å². The SMILES string of the molecule is CCC1OCCN(C)C1C. The summed E-state index contributed by atoms with van der Waals surface area (Å²) in [7, 11) is 2.16. The number of likely N-dealkylation sites (N-methyl/N-ethyl adjacent to an activating group) is 1. The summed E-state index contributed by atoms with van der Waals surface area (Å²) in [6.07, 6.45) is 1.59. The fourth-order valence-corrected chi connectivity index (χ4v) is 1.43. The molecule has 0 aliphatic carbocycles. The van der Waals surface area contributed by atoms with Crippen molar-refractivity contribution in [2.24, 2.45) is 0 Å². The molecule has 1 fully saturated rings. The number of hydrogen-bond acceptors (Lipinski definition) is 2. The van der Waals surface area contributed by atoms with Gasteiger partial charge in [0, 0.05) is 12.6 Å². The minimum Gasteiger partial charge on any atom is -0.375 e. The standard InChI is InChI=1S/C8H17NO/c1-4-8-7(2)9(3)5-6-10-8/h7-8H,4-6H2,1-3H3. The van der Waals surface area contributed by atoms with Crippen LogP contribution in [0, 0.1) is 0 Å². The number of ether oxygens (including phenoxy) is 1. The zero-order valence-electron chi connectivity index (χ0n) is 7.13. The second kappa shape index (κ2) is 3.35. The molecular weight excluding hydrogens is 126 g/mol. The molecular formula is C8H17NO. The van der Waals surface area contributed by atoms with Gasteiger partial charge in [-0.05, 0) is 20.4 Å². The van der Waals surface area contributed by atoms with Crippen LogP contribution >= 0.6 is 0 Å². The van der Waals surface area contributed by atoms with Gasteiger partial charge in [0.15, 0.2) is 0 Å². The maximum atomic E-state index is 5.57. The van der Waals surface area contributed by atoms with Crippen LogP contribution in [0.25, 0.3) is 0 Å². The van der Waals surface area contributed by atoms with E-state index in [2.05, 4.69) is 25.8 Å². The molecule has 0 aromatic heterocycles. The number of hydrogen-bond donors (Lipinski definition) is 0. The quantitative estimate of drug-likeness (QED) is 0.545. The minimum absolute atomic E-state index is 0.457. The topological polar surface area (TPSA) is 12.5 Å². The summed E-state index contributed by atoms with van der Waals surface area (Å²) in [5, 5.41) is 0. The molecule has 1 rings (SSSR count). The Hall–Kier alpha value is -0.0800. The minimum atomic E-state index is 0.457. The normalized spacial score (nSPS) is 36.3. The highest BCUT2D eigenvalue weighted by atomic mass is 16.5. The molecule has 2 atom stereocenters. The first-order chi connectivity index (χ1) is 4.75. The average Bonchev–Trinajstić information content (AvgIpc) is 1.95. The number of morpholine rings is 1. The molecule has 0 N–H and O–H groups in total. The lowest BCUT2D eigenvalue weighted by Gasteiger charge is -2.36. The highest BCUT2D eigenvalue weighted by molar-refractivity contribution is 4.76. The van der Waals surface area contributed by atoms with Crippen molar-refractivity contribution in [3.05, 3.63) is 0 Å². The van der Waals surface area contributed by atoms with Gasteiger partial charge in [0.1, 0.15) is 0 Å². The molecule has 1 aliphatic rings. The molecule has 0 saturated carbocycles. The van der Waals surface area contributed by atoms with E-state index in [0.717, 1.165) is 19.6 Å². The van der Waals surface area contributed by atoms with Crippen LogP contribution in [-0.4, -0.2) is 37.2 Å². The van der Waals surface area contributed by atoms with Crippen LogP contribution in [0.3, 0.4) is 0 Å². The second-order valence-corrected chi connectivity index (χ2v) is 3.04. The monoisotopic (exact) mass is 143 g/mol. The average molecular weight is 143 g/mol. The molecule has 1 aliphatic heterocycles. The zero-order valence-corrected chi connectivity index (χ0v) is 7.13. The highest BCUT2D eigenvalue weighted by Gasteiger charge is 2.23. The third-order valence-electron chi connectivity index (χ3n) is 2.41. The van der Waals surface area contributed by atoms with Gasteiger partial charge in [0.05, 0.1) is 12.7 Å². The lowest BCUT2D eigenvalue weighted by Crippen LogP contribution is -2.47. The fraction of sp³-hybridized carbons (Fsp3) is 1.00. The Morgan fingerprint density at radius 3 is 2.80 bits per heavy atom. The lowest BCUT2D eigenvalue weighted by atomic mass is 10.1. The largest absolute Gasteiger partial charge is 0.375 e. The summed E-state index contributed by atoms with van der Waals surface area (Å²) in [5.74, 6) is 0. The molecule has 2 unspecified atom stereocenters. The van der Waals surface area contributed by atoms with E-state index in [4.69, 9.17) is 4.74 Å². The van der Waals surface area contributed by atoms with Crippen LogP contribution in [0.15, 0.2) is 0 Å². The Kier molecular flexibility index (Phi) is 2.69. The summed E-state index contributed by atoms with van der Waals surface area (Å²) in [6.45, 7) is 6.39. The van der Waals surface area contributed by atoms with Crippen molar-refractivity contribution in [3.8, 4) is 0 Å². The van der Waals surface area contributed by atoms with Gasteiger partial charge in [-0.1, -0.05) is 6.92 Å². The van der Waals surface area contributed by atoms with Crippen molar-refractivity contribution in [2.45, 2.75) is 32.4 Å². The Balaban J connectivity index is 2.42. The maximum Gasteiger partial charge on any atom is 0.0725 e. The van der Waals surface area contributed by atoms with Crippen LogP contribution < -0.4 is 0 Å². The van der Waals surface area contributed by atoms with E-state index in [0.29, 0.717) is 12.1 Å². The van der Waals surface area contributed by atoms with Crippen LogP contribution in [0.2, 0.25) is 0 Å². The smallest absolute Gasteiger partial charge is 0.0725 e. The van der Waals surface area contributed by atoms with Gasteiger partial charge in [0.25, 0.3) is 0 Å². The van der Waals surface area contributed by atoms with Crippen molar-refractivity contribution in [2.75, 3.05) is 20.2 Å². The predicted molar refractivity (Wildman–Crippen MR) is 42.1 cm³/mol. The van der Waals surface area contributed by atoms with Gasteiger partial charge in [-0.2, -0.15) is 0 Å². The van der Waals surface area contributed by atoms with Crippen LogP contribution in [0.1, 0.15) is 20.3 Å². The summed E-state index contributed by atoms with van der Waals surface area (Å²) in [5.41, 5.74) is 0. The van der Waals surface area contributed by atoms with Crippen molar-refractivity contribution in [3.63, 3.8) is 0 Å². The summed E-state index contributed by atoms with van der Waals surface area (Å²) >= 11 is 0. The summed E-state index contributed by atoms with van der Waals surface area (Å²) in [6, 6.07) is 0.596. The first-order valence-electron chi connectivity index (χ1n) is 4.07. The van der Waals surface area contributed by atoms with Crippen molar-refractivity contribution in [1.82, 2.24) is 4.90 Å². The van der Waals surface area contributed by atoms with E-state index in [1.807, 2.05) is 0 Å². The Bertz CT molecular complexity index is 105. The molecule has 10 heavy (non-hydrogen) atoms. The third-order valence-corrected chi connectivity index (χ3v) is 2.41. The van der Waals surface area contributed by atoms with E-state index in [1.165, 1.54) is 0 Å². The van der Waals surface area contributed by atoms with Gasteiger partial charge in [-0.15, -0.1) is 0 Å². The van der Waals surface area contributed by atoms with E-state index in [9.17, 15) is 0 Å². The van der Waals surface area contributed by atoms with Crippen molar-refractivity contribution >= 4 is 0 Å². The van der Waals surface area contributed by atoms with Gasteiger partial charge >= 0.3 is 0 Å². The fourth-order valence-electron chi connectivity index (χ4n) is 1.43. The van der Waals surface area contributed by atoms with Gasteiger partial charge in [-0.25, -0.2) is 0 Å². The van der Waals surface area contributed by atoms with Crippen molar-refractivity contribution < 1.29 is 4.74 Å². The first kappa shape index (κ1) is 8.02. The molecule has 0 radical (unpaired) electrons.